The van der Waals surface area contributed by atoms with Crippen molar-refractivity contribution in [3.63, 3.8) is 0 Å². The third-order valence-corrected chi connectivity index (χ3v) is 8.40. The molecule has 0 saturated heterocycles. The summed E-state index contributed by atoms with van der Waals surface area (Å²) in [5, 5.41) is 3.40. The predicted molar refractivity (Wildman–Crippen MR) is 157 cm³/mol. The average molecular weight is 591 g/mol. The number of furan rings is 1. The van der Waals surface area contributed by atoms with E-state index in [2.05, 4.69) is 10.3 Å². The Morgan fingerprint density at radius 1 is 1.02 bits per heavy atom. The minimum absolute atomic E-state index is 0.0174. The molecule has 11 heteroatoms. The van der Waals surface area contributed by atoms with Crippen molar-refractivity contribution in [3.05, 3.63) is 114 Å². The number of hydrogen-bond donors (Lipinski definition) is 1. The molecule has 0 bridgehead atoms. The fourth-order valence-electron chi connectivity index (χ4n) is 4.15. The van der Waals surface area contributed by atoms with E-state index in [0.29, 0.717) is 22.2 Å². The van der Waals surface area contributed by atoms with Crippen molar-refractivity contribution in [2.45, 2.75) is 18.4 Å². The molecule has 0 saturated carbocycles. The van der Waals surface area contributed by atoms with Crippen molar-refractivity contribution in [2.75, 3.05) is 19.0 Å². The number of methoxy groups -OCH3 is 1. The van der Waals surface area contributed by atoms with E-state index in [1.807, 2.05) is 43.3 Å². The zero-order valence-electron chi connectivity index (χ0n) is 22.3. The average Bonchev–Trinajstić information content (AvgIpc) is 3.64. The Morgan fingerprint density at radius 3 is 2.37 bits per heavy atom. The van der Waals surface area contributed by atoms with Gasteiger partial charge in [0.1, 0.15) is 11.5 Å². The number of anilines is 1. The minimum Gasteiger partial charge on any atom is -0.497 e. The smallest absolute Gasteiger partial charge is 0.243 e. The van der Waals surface area contributed by atoms with Crippen molar-refractivity contribution < 1.29 is 22.4 Å². The Kier molecular flexibility index (Phi) is 8.25. The highest BCUT2D eigenvalue weighted by molar-refractivity contribution is 7.89. The van der Waals surface area contributed by atoms with Crippen molar-refractivity contribution in [1.82, 2.24) is 13.9 Å². The van der Waals surface area contributed by atoms with Gasteiger partial charge < -0.3 is 9.15 Å². The van der Waals surface area contributed by atoms with E-state index in [9.17, 15) is 13.2 Å². The Balaban J connectivity index is 1.46. The summed E-state index contributed by atoms with van der Waals surface area (Å²) in [6, 6.07) is 24.2. The summed E-state index contributed by atoms with van der Waals surface area (Å²) in [7, 11) is -2.59. The van der Waals surface area contributed by atoms with Crippen LogP contribution < -0.4 is 10.1 Å². The summed E-state index contributed by atoms with van der Waals surface area (Å²) >= 11 is 6.06. The maximum absolute atomic E-state index is 13.6. The number of carbonyl (C=O) groups excluding carboxylic acids is 1. The zero-order chi connectivity index (χ0) is 29.0. The molecule has 5 rings (SSSR count). The van der Waals surface area contributed by atoms with Gasteiger partial charge in [0.05, 0.1) is 37.1 Å². The molecule has 2 heterocycles. The van der Waals surface area contributed by atoms with Gasteiger partial charge in [-0.15, -0.1) is 0 Å². The topological polar surface area (TPSA) is 107 Å². The molecule has 0 atom stereocenters. The second-order valence-corrected chi connectivity index (χ2v) is 11.6. The standard InChI is InChI=1S/C30H27ClN4O5S/c1-21-5-11-24(12-6-21)35-19-28(22-7-9-23(31)10-8-22)32-30(35)33-29(36)20-34(18-26-4-3-17-40-26)41(37,38)27-15-13-25(39-2)14-16-27/h3-17,19H,18,20H2,1-2H3,(H,32,33,36). The number of nitrogens with one attached hydrogen (secondary N) is 1. The van der Waals surface area contributed by atoms with Crippen molar-refractivity contribution in [2.24, 2.45) is 0 Å². The molecule has 1 amide bonds. The summed E-state index contributed by atoms with van der Waals surface area (Å²) in [4.78, 5) is 18.1. The summed E-state index contributed by atoms with van der Waals surface area (Å²) in [5.74, 6) is 0.568. The lowest BCUT2D eigenvalue weighted by molar-refractivity contribution is -0.116. The lowest BCUT2D eigenvalue weighted by Crippen LogP contribution is -2.37. The van der Waals surface area contributed by atoms with Crippen LogP contribution in [0.15, 0.2) is 107 Å². The van der Waals surface area contributed by atoms with Crippen molar-refractivity contribution >= 4 is 33.5 Å². The van der Waals surface area contributed by atoms with Crippen LogP contribution in [0.3, 0.4) is 0 Å². The highest BCUT2D eigenvalue weighted by Crippen LogP contribution is 2.26. The quantitative estimate of drug-likeness (QED) is 0.216. The number of ether oxygens (including phenoxy) is 1. The molecule has 9 nitrogen and oxygen atoms in total. The number of amides is 1. The van der Waals surface area contributed by atoms with E-state index < -0.39 is 22.5 Å². The number of carbonyl (C=O) groups is 1. The number of rotatable bonds is 10. The third-order valence-electron chi connectivity index (χ3n) is 6.34. The molecule has 5 aromatic rings. The number of sulfonamides is 1. The van der Waals surface area contributed by atoms with E-state index in [4.69, 9.17) is 20.8 Å². The van der Waals surface area contributed by atoms with Crippen LogP contribution in [0, 0.1) is 6.92 Å². The fourth-order valence-corrected chi connectivity index (χ4v) is 5.64. The molecule has 0 unspecified atom stereocenters. The Labute approximate surface area is 243 Å². The van der Waals surface area contributed by atoms with Crippen LogP contribution >= 0.6 is 11.6 Å². The van der Waals surface area contributed by atoms with Crippen LogP contribution in [0.4, 0.5) is 5.95 Å². The lowest BCUT2D eigenvalue weighted by Gasteiger charge is -2.21. The van der Waals surface area contributed by atoms with Gasteiger partial charge in [-0.25, -0.2) is 13.4 Å². The molecule has 41 heavy (non-hydrogen) atoms. The molecule has 0 aliphatic carbocycles. The van der Waals surface area contributed by atoms with Gasteiger partial charge >= 0.3 is 0 Å². The molecule has 0 radical (unpaired) electrons. The first kappa shape index (κ1) is 28.2. The van der Waals surface area contributed by atoms with Crippen LogP contribution in [-0.4, -0.2) is 41.8 Å². The lowest BCUT2D eigenvalue weighted by atomic mass is 10.2. The first-order valence-electron chi connectivity index (χ1n) is 12.6. The highest BCUT2D eigenvalue weighted by atomic mass is 35.5. The summed E-state index contributed by atoms with van der Waals surface area (Å²) in [6.07, 6.45) is 3.25. The van der Waals surface area contributed by atoms with Crippen LogP contribution in [0.2, 0.25) is 5.02 Å². The Hall–Kier alpha value is -4.38. The fraction of sp³-hybridized carbons (Fsp3) is 0.133. The van der Waals surface area contributed by atoms with E-state index in [1.54, 1.807) is 47.2 Å². The first-order chi connectivity index (χ1) is 19.7. The number of benzene rings is 3. The monoisotopic (exact) mass is 590 g/mol. The van der Waals surface area contributed by atoms with Gasteiger partial charge in [-0.3, -0.25) is 14.7 Å². The van der Waals surface area contributed by atoms with Crippen molar-refractivity contribution in [1.29, 1.82) is 0 Å². The van der Waals surface area contributed by atoms with E-state index >= 15 is 0 Å². The number of halogens is 1. The molecule has 0 aliphatic heterocycles. The minimum atomic E-state index is -4.08. The van der Waals surface area contributed by atoms with Crippen LogP contribution in [0.5, 0.6) is 5.75 Å². The zero-order valence-corrected chi connectivity index (χ0v) is 23.9. The normalized spacial score (nSPS) is 11.5. The Morgan fingerprint density at radius 2 is 1.73 bits per heavy atom. The molecule has 210 valence electrons. The number of imidazole rings is 1. The molecule has 0 fully saturated rings. The number of aromatic nitrogens is 2. The maximum atomic E-state index is 13.6. The van der Waals surface area contributed by atoms with E-state index in [1.165, 1.54) is 25.5 Å². The number of hydrogen-bond acceptors (Lipinski definition) is 6. The Bertz CT molecular complexity index is 1730. The summed E-state index contributed by atoms with van der Waals surface area (Å²) in [6.45, 7) is 1.36. The number of nitrogens with zero attached hydrogens (tertiary/aromatic N) is 3. The molecule has 3 aromatic carbocycles. The van der Waals surface area contributed by atoms with Gasteiger partial charge in [-0.05, 0) is 67.6 Å². The van der Waals surface area contributed by atoms with Crippen LogP contribution in [-0.2, 0) is 21.4 Å². The van der Waals surface area contributed by atoms with Gasteiger partial charge in [0, 0.05) is 22.5 Å². The first-order valence-corrected chi connectivity index (χ1v) is 14.4. The van der Waals surface area contributed by atoms with Crippen molar-refractivity contribution in [3.8, 4) is 22.7 Å². The largest absolute Gasteiger partial charge is 0.497 e. The SMILES string of the molecule is COc1ccc(S(=O)(=O)N(CC(=O)Nc2nc(-c3ccc(Cl)cc3)cn2-c2ccc(C)cc2)Cc2ccco2)cc1. The summed E-state index contributed by atoms with van der Waals surface area (Å²) in [5.41, 5.74) is 3.26. The second-order valence-electron chi connectivity index (χ2n) is 9.24. The van der Waals surface area contributed by atoms with E-state index in [-0.39, 0.29) is 17.4 Å². The molecule has 1 N–H and O–H groups in total. The molecular weight excluding hydrogens is 564 g/mol. The maximum Gasteiger partial charge on any atom is 0.243 e. The predicted octanol–water partition coefficient (Wildman–Crippen LogP) is 5.93. The second kappa shape index (κ2) is 12.0. The molecule has 0 aliphatic rings. The number of aryl methyl sites for hydroxylation is 1. The van der Waals surface area contributed by atoms with Gasteiger partial charge in [0.2, 0.25) is 21.9 Å². The van der Waals surface area contributed by atoms with E-state index in [0.717, 1.165) is 21.1 Å². The van der Waals surface area contributed by atoms with Gasteiger partial charge in [0.25, 0.3) is 0 Å². The molecular formula is C30H27ClN4O5S. The van der Waals surface area contributed by atoms with Crippen LogP contribution in [0.1, 0.15) is 11.3 Å². The van der Waals surface area contributed by atoms with Gasteiger partial charge in [-0.2, -0.15) is 4.31 Å². The molecule has 0 spiro atoms. The highest BCUT2D eigenvalue weighted by Gasteiger charge is 2.28. The van der Waals surface area contributed by atoms with Gasteiger partial charge in [0.15, 0.2) is 0 Å². The third kappa shape index (κ3) is 6.51. The van der Waals surface area contributed by atoms with Crippen LogP contribution in [0.25, 0.3) is 16.9 Å². The summed E-state index contributed by atoms with van der Waals surface area (Å²) < 4.78 is 40.6. The molecule has 2 aromatic heterocycles. The van der Waals surface area contributed by atoms with Gasteiger partial charge in [-0.1, -0.05) is 41.4 Å².